The Morgan fingerprint density at radius 2 is 2.00 bits per heavy atom. The van der Waals surface area contributed by atoms with E-state index in [1.165, 1.54) is 7.11 Å². The minimum atomic E-state index is -0.275. The summed E-state index contributed by atoms with van der Waals surface area (Å²) in [6.07, 6.45) is 2.01. The SMILES string of the molecule is COc1cc(C(=O)N2CCC(CC(N)=O)CC2)ccc1N. The normalized spacial score (nSPS) is 15.8. The standard InChI is InChI=1S/C15H21N3O3/c1-21-13-9-11(2-3-12(13)16)15(20)18-6-4-10(5-7-18)8-14(17)19/h2-3,9-10H,4-8,16H2,1H3,(H2,17,19). The number of nitrogen functional groups attached to an aromatic ring is 1. The maximum absolute atomic E-state index is 12.4. The lowest BCUT2D eigenvalue weighted by Crippen LogP contribution is -2.39. The molecule has 0 atom stereocenters. The highest BCUT2D eigenvalue weighted by Gasteiger charge is 2.24. The Labute approximate surface area is 124 Å². The molecule has 1 aromatic rings. The number of nitrogens with two attached hydrogens (primary N) is 2. The van der Waals surface area contributed by atoms with Gasteiger partial charge in [-0.3, -0.25) is 9.59 Å². The molecule has 1 aromatic carbocycles. The highest BCUT2D eigenvalue weighted by molar-refractivity contribution is 5.95. The number of carbonyl (C=O) groups is 2. The topological polar surface area (TPSA) is 98.6 Å². The van der Waals surface area contributed by atoms with Gasteiger partial charge in [0.15, 0.2) is 0 Å². The number of hydrogen-bond acceptors (Lipinski definition) is 4. The lowest BCUT2D eigenvalue weighted by molar-refractivity contribution is -0.119. The minimum absolute atomic E-state index is 0.0363. The molecule has 0 aromatic heterocycles. The van der Waals surface area contributed by atoms with Crippen molar-refractivity contribution in [1.29, 1.82) is 0 Å². The van der Waals surface area contributed by atoms with Crippen molar-refractivity contribution in [2.75, 3.05) is 25.9 Å². The van der Waals surface area contributed by atoms with Gasteiger partial charge in [0.25, 0.3) is 5.91 Å². The number of anilines is 1. The van der Waals surface area contributed by atoms with E-state index in [1.807, 2.05) is 0 Å². The molecule has 114 valence electrons. The predicted octanol–water partition coefficient (Wildman–Crippen LogP) is 1.00. The van der Waals surface area contributed by atoms with E-state index < -0.39 is 0 Å². The number of likely N-dealkylation sites (tertiary alicyclic amines) is 1. The molecular weight excluding hydrogens is 270 g/mol. The summed E-state index contributed by atoms with van der Waals surface area (Å²) in [5.41, 5.74) is 12.0. The molecule has 0 spiro atoms. The molecule has 1 saturated heterocycles. The van der Waals surface area contributed by atoms with Gasteiger partial charge in [0.1, 0.15) is 5.75 Å². The molecule has 1 aliphatic rings. The van der Waals surface area contributed by atoms with Crippen LogP contribution < -0.4 is 16.2 Å². The smallest absolute Gasteiger partial charge is 0.253 e. The van der Waals surface area contributed by atoms with Crippen LogP contribution in [0.1, 0.15) is 29.6 Å². The summed E-state index contributed by atoms with van der Waals surface area (Å²) in [5.74, 6) is 0.478. The van der Waals surface area contributed by atoms with Crippen LogP contribution in [0.15, 0.2) is 18.2 Å². The van der Waals surface area contributed by atoms with Crippen LogP contribution in [0.3, 0.4) is 0 Å². The Hall–Kier alpha value is -2.24. The summed E-state index contributed by atoms with van der Waals surface area (Å²) in [4.78, 5) is 25.2. The Bertz CT molecular complexity index is 537. The molecule has 2 rings (SSSR count). The highest BCUT2D eigenvalue weighted by atomic mass is 16.5. The summed E-state index contributed by atoms with van der Waals surface area (Å²) in [6, 6.07) is 5.04. The molecule has 0 radical (unpaired) electrons. The first-order chi connectivity index (χ1) is 10.0. The molecule has 21 heavy (non-hydrogen) atoms. The van der Waals surface area contributed by atoms with E-state index in [0.29, 0.717) is 36.5 Å². The zero-order chi connectivity index (χ0) is 15.4. The Balaban J connectivity index is 2.00. The summed E-state index contributed by atoms with van der Waals surface area (Å²) >= 11 is 0. The van der Waals surface area contributed by atoms with Gasteiger partial charge in [0, 0.05) is 25.1 Å². The van der Waals surface area contributed by atoms with E-state index in [9.17, 15) is 9.59 Å². The van der Waals surface area contributed by atoms with E-state index in [4.69, 9.17) is 16.2 Å². The molecule has 4 N–H and O–H groups in total. The van der Waals surface area contributed by atoms with Crippen molar-refractivity contribution in [3.05, 3.63) is 23.8 Å². The van der Waals surface area contributed by atoms with Gasteiger partial charge in [0.2, 0.25) is 5.91 Å². The van der Waals surface area contributed by atoms with Crippen molar-refractivity contribution >= 4 is 17.5 Å². The van der Waals surface area contributed by atoms with Gasteiger partial charge in [-0.05, 0) is 37.0 Å². The lowest BCUT2D eigenvalue weighted by Gasteiger charge is -2.31. The molecule has 2 amide bonds. The third kappa shape index (κ3) is 3.65. The van der Waals surface area contributed by atoms with Gasteiger partial charge < -0.3 is 21.1 Å². The molecule has 6 heteroatoms. The number of nitrogens with zero attached hydrogens (tertiary/aromatic N) is 1. The first-order valence-corrected chi connectivity index (χ1v) is 7.02. The van der Waals surface area contributed by atoms with Crippen LogP contribution in [-0.4, -0.2) is 36.9 Å². The van der Waals surface area contributed by atoms with Crippen molar-refractivity contribution in [3.63, 3.8) is 0 Å². The number of ether oxygens (including phenoxy) is 1. The number of carbonyl (C=O) groups excluding carboxylic acids is 2. The van der Waals surface area contributed by atoms with Crippen LogP contribution in [0, 0.1) is 5.92 Å². The first-order valence-electron chi connectivity index (χ1n) is 7.02. The molecule has 1 heterocycles. The Morgan fingerprint density at radius 1 is 1.33 bits per heavy atom. The molecule has 1 fully saturated rings. The second-order valence-electron chi connectivity index (χ2n) is 5.36. The highest BCUT2D eigenvalue weighted by Crippen LogP contribution is 2.25. The molecule has 0 unspecified atom stereocenters. The number of benzene rings is 1. The number of rotatable bonds is 4. The molecule has 0 saturated carbocycles. The van der Waals surface area contributed by atoms with Crippen molar-refractivity contribution in [1.82, 2.24) is 4.90 Å². The fraction of sp³-hybridized carbons (Fsp3) is 0.467. The minimum Gasteiger partial charge on any atom is -0.495 e. The van der Waals surface area contributed by atoms with Crippen molar-refractivity contribution in [3.8, 4) is 5.75 Å². The zero-order valence-electron chi connectivity index (χ0n) is 12.2. The molecule has 6 nitrogen and oxygen atoms in total. The summed E-state index contributed by atoms with van der Waals surface area (Å²) in [7, 11) is 1.52. The van der Waals surface area contributed by atoms with Gasteiger partial charge in [-0.1, -0.05) is 0 Å². The number of primary amides is 1. The van der Waals surface area contributed by atoms with Gasteiger partial charge in [-0.25, -0.2) is 0 Å². The number of amides is 2. The predicted molar refractivity (Wildman–Crippen MR) is 79.8 cm³/mol. The largest absolute Gasteiger partial charge is 0.495 e. The third-order valence-electron chi connectivity index (χ3n) is 3.87. The van der Waals surface area contributed by atoms with Crippen molar-refractivity contribution in [2.45, 2.75) is 19.3 Å². The fourth-order valence-corrected chi connectivity index (χ4v) is 2.65. The molecule has 0 bridgehead atoms. The van der Waals surface area contributed by atoms with Gasteiger partial charge >= 0.3 is 0 Å². The summed E-state index contributed by atoms with van der Waals surface area (Å²) in [5, 5.41) is 0. The monoisotopic (exact) mass is 291 g/mol. The molecular formula is C15H21N3O3. The van der Waals surface area contributed by atoms with Crippen LogP contribution in [0.4, 0.5) is 5.69 Å². The van der Waals surface area contributed by atoms with Crippen LogP contribution in [0.25, 0.3) is 0 Å². The number of methoxy groups -OCH3 is 1. The van der Waals surface area contributed by atoms with Crippen LogP contribution >= 0.6 is 0 Å². The van der Waals surface area contributed by atoms with E-state index in [2.05, 4.69) is 0 Å². The summed E-state index contributed by atoms with van der Waals surface area (Å²) in [6.45, 7) is 1.28. The van der Waals surface area contributed by atoms with Crippen LogP contribution in [0.5, 0.6) is 5.75 Å². The first kappa shape index (κ1) is 15.2. The van der Waals surface area contributed by atoms with E-state index in [0.717, 1.165) is 12.8 Å². The Kier molecular flexibility index (Phi) is 4.67. The van der Waals surface area contributed by atoms with Gasteiger partial charge in [-0.2, -0.15) is 0 Å². The fourth-order valence-electron chi connectivity index (χ4n) is 2.65. The van der Waals surface area contributed by atoms with E-state index >= 15 is 0 Å². The van der Waals surface area contributed by atoms with Crippen LogP contribution in [-0.2, 0) is 4.79 Å². The maximum atomic E-state index is 12.4. The average molecular weight is 291 g/mol. The molecule has 0 aliphatic carbocycles. The number of hydrogen-bond donors (Lipinski definition) is 2. The lowest BCUT2D eigenvalue weighted by atomic mass is 9.93. The van der Waals surface area contributed by atoms with Crippen molar-refractivity contribution < 1.29 is 14.3 Å². The van der Waals surface area contributed by atoms with E-state index in [-0.39, 0.29) is 17.7 Å². The Morgan fingerprint density at radius 3 is 2.57 bits per heavy atom. The third-order valence-corrected chi connectivity index (χ3v) is 3.87. The van der Waals surface area contributed by atoms with Crippen molar-refractivity contribution in [2.24, 2.45) is 11.7 Å². The zero-order valence-corrected chi connectivity index (χ0v) is 12.2. The van der Waals surface area contributed by atoms with Crippen LogP contribution in [0.2, 0.25) is 0 Å². The summed E-state index contributed by atoms with van der Waals surface area (Å²) < 4.78 is 5.14. The quantitative estimate of drug-likeness (QED) is 0.809. The second kappa shape index (κ2) is 6.47. The van der Waals surface area contributed by atoms with Gasteiger partial charge in [0.05, 0.1) is 12.8 Å². The number of piperidine rings is 1. The maximum Gasteiger partial charge on any atom is 0.253 e. The molecule has 1 aliphatic heterocycles. The average Bonchev–Trinajstić information content (AvgIpc) is 2.47. The second-order valence-corrected chi connectivity index (χ2v) is 5.36. The van der Waals surface area contributed by atoms with E-state index in [1.54, 1.807) is 23.1 Å². The van der Waals surface area contributed by atoms with Gasteiger partial charge in [-0.15, -0.1) is 0 Å².